The number of halogens is 1. The number of rotatable bonds is 7. The fraction of sp³-hybridized carbons (Fsp3) is 0.500. The van der Waals surface area contributed by atoms with Crippen molar-refractivity contribution in [1.29, 1.82) is 0 Å². The molecule has 2 N–H and O–H groups in total. The molecule has 0 fully saturated rings. The van der Waals surface area contributed by atoms with Gasteiger partial charge in [0.15, 0.2) is 0 Å². The summed E-state index contributed by atoms with van der Waals surface area (Å²) < 4.78 is 0. The molecule has 1 rings (SSSR count). The fourth-order valence-electron chi connectivity index (χ4n) is 2.14. The van der Waals surface area contributed by atoms with Crippen LogP contribution in [-0.4, -0.2) is 36.5 Å². The Kier molecular flexibility index (Phi) is 7.74. The zero-order valence-electron chi connectivity index (χ0n) is 13.4. The molecule has 0 bridgehead atoms. The zero-order chi connectivity index (χ0) is 16.5. The Morgan fingerprint density at radius 1 is 1.27 bits per heavy atom. The van der Waals surface area contributed by atoms with E-state index in [9.17, 15) is 9.59 Å². The van der Waals surface area contributed by atoms with Crippen LogP contribution in [0.2, 0.25) is 5.02 Å². The van der Waals surface area contributed by atoms with Crippen LogP contribution in [0.1, 0.15) is 38.8 Å². The first-order valence-corrected chi connectivity index (χ1v) is 7.97. The normalized spacial score (nSPS) is 11.6. The molecule has 0 saturated heterocycles. The minimum absolute atomic E-state index is 0.0577. The highest BCUT2D eigenvalue weighted by molar-refractivity contribution is 6.30. The predicted octanol–water partition coefficient (Wildman–Crippen LogP) is 2.96. The number of carbonyl (C=O) groups excluding carboxylic acids is 2. The lowest BCUT2D eigenvalue weighted by atomic mass is 10.1. The van der Waals surface area contributed by atoms with Crippen molar-refractivity contribution < 1.29 is 9.59 Å². The summed E-state index contributed by atoms with van der Waals surface area (Å²) in [5.41, 5.74) is 0.956. The SMILES string of the molecule is CCNC(=O)CN(CC)C(=O)N[C@H](CC)c1cccc(Cl)c1. The van der Waals surface area contributed by atoms with Crippen LogP contribution < -0.4 is 10.6 Å². The van der Waals surface area contributed by atoms with Gasteiger partial charge >= 0.3 is 6.03 Å². The minimum Gasteiger partial charge on any atom is -0.355 e. The number of hydrogen-bond donors (Lipinski definition) is 2. The molecular formula is C16H24ClN3O2. The van der Waals surface area contributed by atoms with Crippen molar-refractivity contribution in [3.8, 4) is 0 Å². The quantitative estimate of drug-likeness (QED) is 0.809. The Bertz CT molecular complexity index is 508. The number of carbonyl (C=O) groups is 2. The van der Waals surface area contributed by atoms with E-state index in [4.69, 9.17) is 11.6 Å². The lowest BCUT2D eigenvalue weighted by Gasteiger charge is -2.25. The summed E-state index contributed by atoms with van der Waals surface area (Å²) in [6, 6.07) is 7.05. The van der Waals surface area contributed by atoms with Crippen molar-refractivity contribution in [3.63, 3.8) is 0 Å². The molecular weight excluding hydrogens is 302 g/mol. The van der Waals surface area contributed by atoms with E-state index >= 15 is 0 Å². The van der Waals surface area contributed by atoms with Crippen LogP contribution >= 0.6 is 11.6 Å². The summed E-state index contributed by atoms with van der Waals surface area (Å²) >= 11 is 6.00. The molecule has 0 heterocycles. The van der Waals surface area contributed by atoms with Crippen LogP contribution in [0.25, 0.3) is 0 Å². The van der Waals surface area contributed by atoms with Gasteiger partial charge in [0.25, 0.3) is 0 Å². The van der Waals surface area contributed by atoms with Gasteiger partial charge in [0.1, 0.15) is 6.54 Å². The summed E-state index contributed by atoms with van der Waals surface area (Å²) in [6.07, 6.45) is 0.741. The molecule has 5 nitrogen and oxygen atoms in total. The summed E-state index contributed by atoms with van der Waals surface area (Å²) in [5, 5.41) is 6.29. The average molecular weight is 326 g/mol. The minimum atomic E-state index is -0.249. The third-order valence-electron chi connectivity index (χ3n) is 3.33. The van der Waals surface area contributed by atoms with Crippen molar-refractivity contribution in [1.82, 2.24) is 15.5 Å². The van der Waals surface area contributed by atoms with Crippen molar-refractivity contribution in [3.05, 3.63) is 34.9 Å². The number of likely N-dealkylation sites (N-methyl/N-ethyl adjacent to an activating group) is 2. The van der Waals surface area contributed by atoms with Crippen molar-refractivity contribution in [2.75, 3.05) is 19.6 Å². The predicted molar refractivity (Wildman–Crippen MR) is 88.9 cm³/mol. The number of hydrogen-bond acceptors (Lipinski definition) is 2. The maximum Gasteiger partial charge on any atom is 0.318 e. The molecule has 0 radical (unpaired) electrons. The van der Waals surface area contributed by atoms with Crippen molar-refractivity contribution in [2.24, 2.45) is 0 Å². The van der Waals surface area contributed by atoms with Gasteiger partial charge in [-0.05, 0) is 38.0 Å². The number of amides is 3. The summed E-state index contributed by atoms with van der Waals surface area (Å²) in [7, 11) is 0. The summed E-state index contributed by atoms with van der Waals surface area (Å²) in [5.74, 6) is -0.157. The molecule has 0 aliphatic carbocycles. The Balaban J connectivity index is 2.72. The van der Waals surface area contributed by atoms with Gasteiger partial charge in [-0.25, -0.2) is 4.79 Å². The van der Waals surface area contributed by atoms with E-state index in [2.05, 4.69) is 10.6 Å². The van der Waals surface area contributed by atoms with Crippen molar-refractivity contribution in [2.45, 2.75) is 33.2 Å². The molecule has 0 unspecified atom stereocenters. The Hall–Kier alpha value is -1.75. The first kappa shape index (κ1) is 18.3. The third kappa shape index (κ3) is 5.56. The van der Waals surface area contributed by atoms with E-state index in [1.165, 1.54) is 4.90 Å². The molecule has 22 heavy (non-hydrogen) atoms. The van der Waals surface area contributed by atoms with E-state index in [-0.39, 0.29) is 24.5 Å². The highest BCUT2D eigenvalue weighted by Gasteiger charge is 2.19. The van der Waals surface area contributed by atoms with Gasteiger partial charge in [-0.1, -0.05) is 30.7 Å². The van der Waals surface area contributed by atoms with Crippen LogP contribution in [0.15, 0.2) is 24.3 Å². The van der Waals surface area contributed by atoms with Gasteiger partial charge in [0, 0.05) is 18.1 Å². The number of nitrogens with zero attached hydrogens (tertiary/aromatic N) is 1. The van der Waals surface area contributed by atoms with E-state index in [1.807, 2.05) is 39.0 Å². The van der Waals surface area contributed by atoms with Gasteiger partial charge in [0.05, 0.1) is 6.04 Å². The number of benzene rings is 1. The third-order valence-corrected chi connectivity index (χ3v) is 3.57. The summed E-state index contributed by atoms with van der Waals surface area (Å²) in [4.78, 5) is 25.5. The molecule has 0 aromatic heterocycles. The maximum absolute atomic E-state index is 12.3. The first-order valence-electron chi connectivity index (χ1n) is 7.59. The van der Waals surface area contributed by atoms with Crippen LogP contribution in [0.4, 0.5) is 4.79 Å². The van der Waals surface area contributed by atoms with E-state index in [0.717, 1.165) is 12.0 Å². The highest BCUT2D eigenvalue weighted by Crippen LogP contribution is 2.20. The largest absolute Gasteiger partial charge is 0.355 e. The van der Waals surface area contributed by atoms with Crippen LogP contribution in [0.3, 0.4) is 0 Å². The molecule has 122 valence electrons. The first-order chi connectivity index (χ1) is 10.5. The van der Waals surface area contributed by atoms with Crippen LogP contribution in [-0.2, 0) is 4.79 Å². The molecule has 1 atom stereocenters. The van der Waals surface area contributed by atoms with Gasteiger partial charge in [-0.3, -0.25) is 4.79 Å². The Morgan fingerprint density at radius 3 is 2.55 bits per heavy atom. The van der Waals surface area contributed by atoms with Gasteiger partial charge in [-0.15, -0.1) is 0 Å². The van der Waals surface area contributed by atoms with Crippen LogP contribution in [0, 0.1) is 0 Å². The van der Waals surface area contributed by atoms with Gasteiger partial charge in [0.2, 0.25) is 5.91 Å². The van der Waals surface area contributed by atoms with E-state index in [0.29, 0.717) is 18.1 Å². The fourth-order valence-corrected chi connectivity index (χ4v) is 2.34. The molecule has 0 aliphatic rings. The number of urea groups is 1. The second kappa shape index (κ2) is 9.30. The zero-order valence-corrected chi connectivity index (χ0v) is 14.1. The lowest BCUT2D eigenvalue weighted by Crippen LogP contribution is -2.46. The Labute approximate surface area is 137 Å². The average Bonchev–Trinajstić information content (AvgIpc) is 2.50. The second-order valence-corrected chi connectivity index (χ2v) is 5.37. The topological polar surface area (TPSA) is 61.4 Å². The smallest absolute Gasteiger partial charge is 0.318 e. The highest BCUT2D eigenvalue weighted by atomic mass is 35.5. The molecule has 1 aromatic rings. The molecule has 6 heteroatoms. The molecule has 0 spiro atoms. The lowest BCUT2D eigenvalue weighted by molar-refractivity contribution is -0.121. The Morgan fingerprint density at radius 2 is 2.00 bits per heavy atom. The van der Waals surface area contributed by atoms with Gasteiger partial charge < -0.3 is 15.5 Å². The standard InChI is InChI=1S/C16H24ClN3O2/c1-4-14(12-8-7-9-13(17)10-12)19-16(22)20(6-3)11-15(21)18-5-2/h7-10,14H,4-6,11H2,1-3H3,(H,18,21)(H,19,22)/t14-/m1/s1. The molecule has 3 amide bonds. The van der Waals surface area contributed by atoms with Gasteiger partial charge in [-0.2, -0.15) is 0 Å². The monoisotopic (exact) mass is 325 g/mol. The van der Waals surface area contributed by atoms with Crippen LogP contribution in [0.5, 0.6) is 0 Å². The summed E-state index contributed by atoms with van der Waals surface area (Å²) in [6.45, 7) is 6.76. The molecule has 1 aromatic carbocycles. The van der Waals surface area contributed by atoms with E-state index in [1.54, 1.807) is 6.07 Å². The maximum atomic E-state index is 12.3. The van der Waals surface area contributed by atoms with Crippen molar-refractivity contribution >= 4 is 23.5 Å². The molecule has 0 saturated carbocycles. The second-order valence-electron chi connectivity index (χ2n) is 4.93. The van der Waals surface area contributed by atoms with E-state index < -0.39 is 0 Å². The number of nitrogens with one attached hydrogen (secondary N) is 2. The molecule has 0 aliphatic heterocycles.